The Morgan fingerprint density at radius 2 is 1.83 bits per heavy atom. The molecule has 0 unspecified atom stereocenters. The molecule has 1 saturated heterocycles. The van der Waals surface area contributed by atoms with Gasteiger partial charge in [-0.25, -0.2) is 4.68 Å². The predicted molar refractivity (Wildman–Crippen MR) is 113 cm³/mol. The summed E-state index contributed by atoms with van der Waals surface area (Å²) in [5.41, 5.74) is 2.28. The molecule has 0 aliphatic carbocycles. The number of nitrogens with zero attached hydrogens (tertiary/aromatic N) is 5. The van der Waals surface area contributed by atoms with E-state index in [9.17, 15) is 5.11 Å². The second-order valence-electron chi connectivity index (χ2n) is 7.39. The van der Waals surface area contributed by atoms with Crippen LogP contribution in [0.3, 0.4) is 0 Å². The zero-order valence-electron chi connectivity index (χ0n) is 16.0. The van der Waals surface area contributed by atoms with Gasteiger partial charge in [-0.15, -0.1) is 5.10 Å². The van der Waals surface area contributed by atoms with Crippen molar-refractivity contribution in [1.82, 2.24) is 24.8 Å². The molecule has 0 saturated carbocycles. The molecule has 1 fully saturated rings. The van der Waals surface area contributed by atoms with Crippen molar-refractivity contribution in [3.63, 3.8) is 0 Å². The number of aliphatic hydroxyl groups excluding tert-OH is 1. The molecular weight excluding hydrogens is 386 g/mol. The van der Waals surface area contributed by atoms with Gasteiger partial charge in [0, 0.05) is 34.2 Å². The van der Waals surface area contributed by atoms with E-state index < -0.39 is 6.10 Å². The Kier molecular flexibility index (Phi) is 5.22. The van der Waals surface area contributed by atoms with Crippen molar-refractivity contribution in [2.45, 2.75) is 43.3 Å². The van der Waals surface area contributed by atoms with E-state index in [4.69, 9.17) is 4.74 Å². The van der Waals surface area contributed by atoms with Crippen molar-refractivity contribution < 1.29 is 9.84 Å². The molecule has 4 aromatic rings. The topological polar surface area (TPSA) is 78.0 Å². The summed E-state index contributed by atoms with van der Waals surface area (Å²) in [6, 6.07) is 16.7. The molecule has 29 heavy (non-hydrogen) atoms. The second-order valence-corrected chi connectivity index (χ2v) is 8.38. The van der Waals surface area contributed by atoms with E-state index in [1.54, 1.807) is 4.68 Å². The number of fused-ring (bicyclic) bond motifs is 3. The Hall–Kier alpha value is -2.42. The molecule has 0 radical (unpaired) electrons. The Morgan fingerprint density at radius 3 is 2.52 bits per heavy atom. The van der Waals surface area contributed by atoms with Crippen LogP contribution < -0.4 is 0 Å². The van der Waals surface area contributed by atoms with Gasteiger partial charge in [-0.05, 0) is 35.4 Å². The average Bonchev–Trinajstić information content (AvgIpc) is 3.48. The summed E-state index contributed by atoms with van der Waals surface area (Å²) in [6.07, 6.45) is 1.79. The Balaban J connectivity index is 1.30. The molecule has 2 aromatic carbocycles. The van der Waals surface area contributed by atoms with Crippen LogP contribution in [-0.2, 0) is 17.8 Å². The maximum absolute atomic E-state index is 10.8. The lowest BCUT2D eigenvalue weighted by atomic mass is 10.2. The summed E-state index contributed by atoms with van der Waals surface area (Å²) in [7, 11) is 0. The summed E-state index contributed by atoms with van der Waals surface area (Å²) in [5, 5.41) is 25.9. The number of aliphatic hydroxyl groups is 1. The van der Waals surface area contributed by atoms with E-state index in [2.05, 4.69) is 56.5 Å². The Bertz CT molecular complexity index is 1070. The van der Waals surface area contributed by atoms with Gasteiger partial charge in [-0.2, -0.15) is 0 Å². The van der Waals surface area contributed by atoms with Gasteiger partial charge in [-0.3, -0.25) is 0 Å². The third-order valence-electron chi connectivity index (χ3n) is 5.38. The van der Waals surface area contributed by atoms with Crippen LogP contribution in [0.15, 0.2) is 53.7 Å². The largest absolute Gasteiger partial charge is 0.390 e. The number of hydrogen-bond donors (Lipinski definition) is 1. The van der Waals surface area contributed by atoms with Gasteiger partial charge >= 0.3 is 0 Å². The molecule has 3 heterocycles. The van der Waals surface area contributed by atoms with Crippen molar-refractivity contribution in [3.8, 4) is 0 Å². The first-order valence-electron chi connectivity index (χ1n) is 9.94. The molecule has 1 aliphatic rings. The highest BCUT2D eigenvalue weighted by atomic mass is 32.2. The molecule has 2 atom stereocenters. The van der Waals surface area contributed by atoms with Crippen molar-refractivity contribution >= 4 is 33.6 Å². The number of hydrogen-bond acceptors (Lipinski definition) is 6. The highest BCUT2D eigenvalue weighted by Crippen LogP contribution is 2.29. The number of aromatic nitrogens is 5. The van der Waals surface area contributed by atoms with E-state index in [-0.39, 0.29) is 6.10 Å². The number of para-hydroxylation sites is 2. The first-order chi connectivity index (χ1) is 14.3. The van der Waals surface area contributed by atoms with Crippen LogP contribution in [0.4, 0.5) is 0 Å². The molecule has 1 N–H and O–H groups in total. The van der Waals surface area contributed by atoms with Gasteiger partial charge in [0.15, 0.2) is 0 Å². The second kappa shape index (κ2) is 8.14. The minimum Gasteiger partial charge on any atom is -0.390 e. The van der Waals surface area contributed by atoms with E-state index in [1.807, 2.05) is 12.1 Å². The highest BCUT2D eigenvalue weighted by Gasteiger charge is 2.20. The zero-order chi connectivity index (χ0) is 19.6. The fourth-order valence-corrected chi connectivity index (χ4v) is 4.83. The standard InChI is InChI=1S/C21H23N5O2S/c27-15(14-29-21-22-23-24-26(21)13-16-6-5-11-28-16)12-25-19-9-3-1-7-17(19)18-8-2-4-10-20(18)25/h1-4,7-10,15-16,27H,5-6,11-14H2/t15-,16-/m1/s1. The number of ether oxygens (including phenoxy) is 1. The lowest BCUT2D eigenvalue weighted by Crippen LogP contribution is -2.20. The average molecular weight is 410 g/mol. The van der Waals surface area contributed by atoms with Crippen LogP contribution in [0.25, 0.3) is 21.8 Å². The highest BCUT2D eigenvalue weighted by molar-refractivity contribution is 7.99. The van der Waals surface area contributed by atoms with Gasteiger partial charge in [0.25, 0.3) is 0 Å². The lowest BCUT2D eigenvalue weighted by molar-refractivity contribution is 0.0911. The van der Waals surface area contributed by atoms with Crippen LogP contribution in [0, 0.1) is 0 Å². The van der Waals surface area contributed by atoms with Crippen molar-refractivity contribution in [1.29, 1.82) is 0 Å². The number of tetrazole rings is 1. The van der Waals surface area contributed by atoms with E-state index in [0.29, 0.717) is 18.8 Å². The Morgan fingerprint density at radius 1 is 1.10 bits per heavy atom. The molecule has 150 valence electrons. The number of benzene rings is 2. The SMILES string of the molecule is O[C@@H](CSc1nnnn1C[C@H]1CCCO1)Cn1c2ccccc2c2ccccc21. The summed E-state index contributed by atoms with van der Waals surface area (Å²) < 4.78 is 9.67. The first-order valence-corrected chi connectivity index (χ1v) is 10.9. The van der Waals surface area contributed by atoms with Gasteiger partial charge in [-0.1, -0.05) is 48.2 Å². The summed E-state index contributed by atoms with van der Waals surface area (Å²) in [4.78, 5) is 0. The predicted octanol–water partition coefficient (Wildman–Crippen LogP) is 3.11. The number of rotatable bonds is 7. The van der Waals surface area contributed by atoms with Gasteiger partial charge in [0.2, 0.25) is 5.16 Å². The van der Waals surface area contributed by atoms with Crippen molar-refractivity contribution in [2.24, 2.45) is 0 Å². The lowest BCUT2D eigenvalue weighted by Gasteiger charge is -2.14. The van der Waals surface area contributed by atoms with Gasteiger partial charge < -0.3 is 14.4 Å². The summed E-state index contributed by atoms with van der Waals surface area (Å²) >= 11 is 1.49. The van der Waals surface area contributed by atoms with Crippen LogP contribution in [0.1, 0.15) is 12.8 Å². The van der Waals surface area contributed by atoms with E-state index in [0.717, 1.165) is 35.6 Å². The molecule has 2 aromatic heterocycles. The maximum atomic E-state index is 10.8. The molecule has 0 amide bonds. The monoisotopic (exact) mass is 409 g/mol. The molecule has 0 spiro atoms. The molecule has 1 aliphatic heterocycles. The fourth-order valence-electron chi connectivity index (χ4n) is 4.03. The van der Waals surface area contributed by atoms with Crippen LogP contribution >= 0.6 is 11.8 Å². The summed E-state index contributed by atoms with van der Waals surface area (Å²) in [6.45, 7) is 2.00. The normalized spacial score (nSPS) is 18.0. The smallest absolute Gasteiger partial charge is 0.209 e. The van der Waals surface area contributed by atoms with E-state index >= 15 is 0 Å². The number of thioether (sulfide) groups is 1. The first kappa shape index (κ1) is 18.6. The Labute approximate surface area is 172 Å². The molecular formula is C21H23N5O2S. The third kappa shape index (κ3) is 3.75. The van der Waals surface area contributed by atoms with E-state index in [1.165, 1.54) is 22.5 Å². The van der Waals surface area contributed by atoms with Crippen molar-refractivity contribution in [3.05, 3.63) is 48.5 Å². The quantitative estimate of drug-likeness (QED) is 0.473. The maximum Gasteiger partial charge on any atom is 0.209 e. The zero-order valence-corrected chi connectivity index (χ0v) is 16.8. The minimum absolute atomic E-state index is 0.181. The third-order valence-corrected chi connectivity index (χ3v) is 6.48. The summed E-state index contributed by atoms with van der Waals surface area (Å²) in [5.74, 6) is 0.521. The van der Waals surface area contributed by atoms with Crippen LogP contribution in [0.5, 0.6) is 0 Å². The van der Waals surface area contributed by atoms with Gasteiger partial charge in [0.05, 0.1) is 25.3 Å². The fraction of sp³-hybridized carbons (Fsp3) is 0.381. The minimum atomic E-state index is -0.521. The molecule has 5 rings (SSSR count). The van der Waals surface area contributed by atoms with Gasteiger partial charge in [0.1, 0.15) is 0 Å². The molecule has 8 heteroatoms. The van der Waals surface area contributed by atoms with Crippen LogP contribution in [0.2, 0.25) is 0 Å². The molecule has 0 bridgehead atoms. The van der Waals surface area contributed by atoms with Crippen molar-refractivity contribution in [2.75, 3.05) is 12.4 Å². The molecule has 7 nitrogen and oxygen atoms in total. The van der Waals surface area contributed by atoms with Crippen LogP contribution in [-0.4, -0.2) is 54.4 Å².